The zero-order valence-electron chi connectivity index (χ0n) is 13.1. The molecule has 1 N–H and O–H groups in total. The summed E-state index contributed by atoms with van der Waals surface area (Å²) in [7, 11) is 0. The fraction of sp³-hybridized carbons (Fsp3) is 0.533. The number of anilines is 1. The van der Waals surface area contributed by atoms with Crippen molar-refractivity contribution >= 4 is 33.3 Å². The topological polar surface area (TPSA) is 64.1 Å². The smallest absolute Gasteiger partial charge is 0.348 e. The average molecular weight is 307 g/mol. The summed E-state index contributed by atoms with van der Waals surface area (Å²) in [5.74, 6) is 0.813. The molecule has 0 saturated carbocycles. The van der Waals surface area contributed by atoms with E-state index in [0.29, 0.717) is 17.4 Å². The molecule has 2 aromatic heterocycles. The lowest BCUT2D eigenvalue weighted by Gasteiger charge is -2.10. The van der Waals surface area contributed by atoms with Crippen molar-refractivity contribution in [2.75, 3.05) is 11.9 Å². The number of carbonyl (C=O) groups is 1. The van der Waals surface area contributed by atoms with E-state index in [1.165, 1.54) is 17.7 Å². The Labute approximate surface area is 128 Å². The SMILES string of the molecule is Cc1c(C(=O)OCC(C)C)sc2ncnc(NC(C)C)c12. The molecular formula is C15H21N3O2S. The summed E-state index contributed by atoms with van der Waals surface area (Å²) in [5, 5.41) is 4.20. The van der Waals surface area contributed by atoms with Crippen LogP contribution in [0.2, 0.25) is 0 Å². The molecular weight excluding hydrogens is 286 g/mol. The van der Waals surface area contributed by atoms with Crippen molar-refractivity contribution in [1.29, 1.82) is 0 Å². The van der Waals surface area contributed by atoms with Crippen LogP contribution >= 0.6 is 11.3 Å². The molecule has 0 atom stereocenters. The Kier molecular flexibility index (Phi) is 4.77. The number of esters is 1. The number of hydrogen-bond donors (Lipinski definition) is 1. The van der Waals surface area contributed by atoms with Gasteiger partial charge >= 0.3 is 5.97 Å². The summed E-state index contributed by atoms with van der Waals surface area (Å²) in [6.07, 6.45) is 1.52. The fourth-order valence-corrected chi connectivity index (χ4v) is 3.00. The number of nitrogens with one attached hydrogen (secondary N) is 1. The molecule has 5 nitrogen and oxygen atoms in total. The van der Waals surface area contributed by atoms with Crippen LogP contribution in [0.5, 0.6) is 0 Å². The number of fused-ring (bicyclic) bond motifs is 1. The number of hydrogen-bond acceptors (Lipinski definition) is 6. The van der Waals surface area contributed by atoms with E-state index in [4.69, 9.17) is 4.74 Å². The van der Waals surface area contributed by atoms with Crippen LogP contribution in [0.15, 0.2) is 6.33 Å². The molecule has 0 bridgehead atoms. The summed E-state index contributed by atoms with van der Waals surface area (Å²) >= 11 is 1.36. The Morgan fingerprint density at radius 1 is 1.33 bits per heavy atom. The van der Waals surface area contributed by atoms with Gasteiger partial charge in [-0.05, 0) is 32.3 Å². The summed E-state index contributed by atoms with van der Waals surface area (Å²) < 4.78 is 5.32. The zero-order chi connectivity index (χ0) is 15.6. The summed E-state index contributed by atoms with van der Waals surface area (Å²) in [6.45, 7) is 10.5. The van der Waals surface area contributed by atoms with Crippen molar-refractivity contribution in [3.63, 3.8) is 0 Å². The first-order chi connectivity index (χ1) is 9.90. The molecule has 21 heavy (non-hydrogen) atoms. The maximum atomic E-state index is 12.2. The average Bonchev–Trinajstić information content (AvgIpc) is 2.74. The standard InChI is InChI=1S/C15H21N3O2S/c1-8(2)6-20-15(19)12-10(5)11-13(18-9(3)4)16-7-17-14(11)21-12/h7-9H,6H2,1-5H3,(H,16,17,18). The van der Waals surface area contributed by atoms with Gasteiger partial charge in [0.05, 0.1) is 12.0 Å². The van der Waals surface area contributed by atoms with E-state index in [2.05, 4.69) is 15.3 Å². The number of ether oxygens (including phenoxy) is 1. The van der Waals surface area contributed by atoms with Gasteiger partial charge in [0, 0.05) is 6.04 Å². The third-order valence-electron chi connectivity index (χ3n) is 2.89. The van der Waals surface area contributed by atoms with Crippen LogP contribution in [0.1, 0.15) is 42.9 Å². The van der Waals surface area contributed by atoms with E-state index in [9.17, 15) is 4.79 Å². The highest BCUT2D eigenvalue weighted by atomic mass is 32.1. The minimum Gasteiger partial charge on any atom is -0.461 e. The van der Waals surface area contributed by atoms with E-state index < -0.39 is 0 Å². The molecule has 0 fully saturated rings. The molecule has 0 unspecified atom stereocenters. The molecule has 0 aliphatic rings. The van der Waals surface area contributed by atoms with Crippen molar-refractivity contribution < 1.29 is 9.53 Å². The molecule has 0 aromatic carbocycles. The van der Waals surface area contributed by atoms with Crippen LogP contribution in [-0.4, -0.2) is 28.6 Å². The molecule has 114 valence electrons. The van der Waals surface area contributed by atoms with Crippen molar-refractivity contribution in [2.24, 2.45) is 5.92 Å². The molecule has 0 aliphatic carbocycles. The van der Waals surface area contributed by atoms with Crippen molar-refractivity contribution in [2.45, 2.75) is 40.7 Å². The van der Waals surface area contributed by atoms with Crippen LogP contribution in [0, 0.1) is 12.8 Å². The first-order valence-electron chi connectivity index (χ1n) is 7.08. The number of nitrogens with zero attached hydrogens (tertiary/aromatic N) is 2. The Hall–Kier alpha value is -1.69. The predicted molar refractivity (Wildman–Crippen MR) is 86.0 cm³/mol. The van der Waals surface area contributed by atoms with Gasteiger partial charge in [-0.1, -0.05) is 13.8 Å². The van der Waals surface area contributed by atoms with E-state index in [-0.39, 0.29) is 12.0 Å². The van der Waals surface area contributed by atoms with Gasteiger partial charge < -0.3 is 10.1 Å². The Morgan fingerprint density at radius 3 is 2.67 bits per heavy atom. The van der Waals surface area contributed by atoms with Crippen molar-refractivity contribution in [1.82, 2.24) is 9.97 Å². The van der Waals surface area contributed by atoms with E-state index in [1.807, 2.05) is 34.6 Å². The molecule has 0 spiro atoms. The van der Waals surface area contributed by atoms with Gasteiger partial charge in [-0.25, -0.2) is 14.8 Å². The van der Waals surface area contributed by atoms with Crippen molar-refractivity contribution in [3.8, 4) is 0 Å². The predicted octanol–water partition coefficient (Wildman–Crippen LogP) is 3.63. The monoisotopic (exact) mass is 307 g/mol. The van der Waals surface area contributed by atoms with E-state index >= 15 is 0 Å². The quantitative estimate of drug-likeness (QED) is 0.854. The zero-order valence-corrected chi connectivity index (χ0v) is 13.9. The molecule has 6 heteroatoms. The molecule has 0 saturated heterocycles. The van der Waals surface area contributed by atoms with E-state index in [1.54, 1.807) is 0 Å². The second-order valence-corrected chi connectivity index (χ2v) is 6.75. The van der Waals surface area contributed by atoms with Crippen molar-refractivity contribution in [3.05, 3.63) is 16.8 Å². The summed E-state index contributed by atoms with van der Waals surface area (Å²) in [5.41, 5.74) is 0.882. The highest BCUT2D eigenvalue weighted by molar-refractivity contribution is 7.20. The molecule has 0 amide bonds. The maximum absolute atomic E-state index is 12.2. The second kappa shape index (κ2) is 6.39. The Bertz CT molecular complexity index is 650. The highest BCUT2D eigenvalue weighted by Gasteiger charge is 2.20. The number of aryl methyl sites for hydroxylation is 1. The second-order valence-electron chi connectivity index (χ2n) is 5.75. The maximum Gasteiger partial charge on any atom is 0.348 e. The lowest BCUT2D eigenvalue weighted by Crippen LogP contribution is -2.12. The molecule has 0 aliphatic heterocycles. The number of rotatable bonds is 5. The lowest BCUT2D eigenvalue weighted by atomic mass is 10.2. The van der Waals surface area contributed by atoms with Gasteiger partial charge in [-0.15, -0.1) is 11.3 Å². The van der Waals surface area contributed by atoms with Gasteiger partial charge in [0.25, 0.3) is 0 Å². The number of carbonyl (C=O) groups excluding carboxylic acids is 1. The van der Waals surface area contributed by atoms with Crippen LogP contribution < -0.4 is 5.32 Å². The third-order valence-corrected chi connectivity index (χ3v) is 4.07. The van der Waals surface area contributed by atoms with Crippen LogP contribution in [0.4, 0.5) is 5.82 Å². The summed E-state index contributed by atoms with van der Waals surface area (Å²) in [4.78, 5) is 22.2. The normalized spacial score (nSPS) is 11.4. The van der Waals surface area contributed by atoms with Crippen LogP contribution in [0.25, 0.3) is 10.2 Å². The largest absolute Gasteiger partial charge is 0.461 e. The lowest BCUT2D eigenvalue weighted by molar-refractivity contribution is 0.0464. The minimum atomic E-state index is -0.278. The summed E-state index contributed by atoms with van der Waals surface area (Å²) in [6, 6.07) is 0.263. The van der Waals surface area contributed by atoms with E-state index in [0.717, 1.165) is 21.6 Å². The molecule has 2 heterocycles. The third kappa shape index (κ3) is 3.50. The van der Waals surface area contributed by atoms with Gasteiger partial charge in [0.2, 0.25) is 0 Å². The number of aromatic nitrogens is 2. The first kappa shape index (κ1) is 15.7. The first-order valence-corrected chi connectivity index (χ1v) is 7.89. The molecule has 0 radical (unpaired) electrons. The van der Waals surface area contributed by atoms with Crippen LogP contribution in [-0.2, 0) is 4.74 Å². The van der Waals surface area contributed by atoms with Gasteiger partial charge in [-0.3, -0.25) is 0 Å². The molecule has 2 aromatic rings. The van der Waals surface area contributed by atoms with Crippen LogP contribution in [0.3, 0.4) is 0 Å². The number of thiophene rings is 1. The fourth-order valence-electron chi connectivity index (χ4n) is 1.96. The van der Waals surface area contributed by atoms with Gasteiger partial charge in [0.1, 0.15) is 21.9 Å². The Morgan fingerprint density at radius 2 is 2.05 bits per heavy atom. The van der Waals surface area contributed by atoms with Gasteiger partial charge in [0.15, 0.2) is 0 Å². The Balaban J connectivity index is 2.39. The highest BCUT2D eigenvalue weighted by Crippen LogP contribution is 2.33. The molecule has 2 rings (SSSR count). The van der Waals surface area contributed by atoms with Gasteiger partial charge in [-0.2, -0.15) is 0 Å². The minimum absolute atomic E-state index is 0.263.